The first-order chi connectivity index (χ1) is 13.8. The highest BCUT2D eigenvalue weighted by atomic mass is 35.5. The van der Waals surface area contributed by atoms with Gasteiger partial charge in [0.25, 0.3) is 5.56 Å². The lowest BCUT2D eigenvalue weighted by molar-refractivity contribution is 0.596. The predicted octanol–water partition coefficient (Wildman–Crippen LogP) is 3.75. The highest BCUT2D eigenvalue weighted by Gasteiger charge is 2.23. The van der Waals surface area contributed by atoms with E-state index in [1.54, 1.807) is 40.2 Å². The van der Waals surface area contributed by atoms with Crippen molar-refractivity contribution in [3.63, 3.8) is 0 Å². The van der Waals surface area contributed by atoms with Crippen LogP contribution in [0.5, 0.6) is 0 Å². The van der Waals surface area contributed by atoms with Gasteiger partial charge in [-0.1, -0.05) is 23.4 Å². The molecule has 0 unspecified atom stereocenters. The molecule has 2 aromatic heterocycles. The molecule has 0 amide bonds. The Morgan fingerprint density at radius 3 is 2.66 bits per heavy atom. The first kappa shape index (κ1) is 20.9. The summed E-state index contributed by atoms with van der Waals surface area (Å²) in [5.41, 5.74) is 1.76. The third-order valence-electron chi connectivity index (χ3n) is 4.85. The molecule has 0 spiro atoms. The molecular formula is C19H20ClN3O3S3. The minimum absolute atomic E-state index is 0.0781. The summed E-state index contributed by atoms with van der Waals surface area (Å²) in [5.74, 6) is 0.397. The van der Waals surface area contributed by atoms with Crippen molar-refractivity contribution >= 4 is 54.9 Å². The fourth-order valence-corrected chi connectivity index (χ4v) is 6.63. The molecule has 154 valence electrons. The van der Waals surface area contributed by atoms with E-state index in [4.69, 9.17) is 21.7 Å². The molecule has 0 atom stereocenters. The van der Waals surface area contributed by atoms with Gasteiger partial charge in [-0.25, -0.2) is 18.5 Å². The molecule has 2 heterocycles. The second-order valence-corrected chi connectivity index (χ2v) is 11.3. The summed E-state index contributed by atoms with van der Waals surface area (Å²) >= 11 is 8.99. The quantitative estimate of drug-likeness (QED) is 0.337. The Bertz CT molecular complexity index is 1220. The molecular weight excluding hydrogens is 450 g/mol. The highest BCUT2D eigenvalue weighted by molar-refractivity contribution is 7.99. The van der Waals surface area contributed by atoms with Crippen LogP contribution in [0.1, 0.15) is 29.7 Å². The summed E-state index contributed by atoms with van der Waals surface area (Å²) in [4.78, 5) is 20.4. The zero-order valence-corrected chi connectivity index (χ0v) is 18.8. The normalized spacial score (nSPS) is 14.3. The standard InChI is InChI=1S/C19H20ClN3O3S3/c20-12-6-8-13(9-7-12)23-18(24)16-14-4-1-2-5-15(14)28-17(16)22-19(23)27-10-3-11-29(21,25)26/h6-9H,1-5,10-11H2,(H2,21,25,26). The van der Waals surface area contributed by atoms with E-state index in [1.807, 2.05) is 0 Å². The number of nitrogens with two attached hydrogens (primary N) is 1. The number of hydrogen-bond acceptors (Lipinski definition) is 6. The van der Waals surface area contributed by atoms with Crippen molar-refractivity contribution in [1.82, 2.24) is 9.55 Å². The van der Waals surface area contributed by atoms with Crippen molar-refractivity contribution in [1.29, 1.82) is 0 Å². The number of sulfonamides is 1. The lowest BCUT2D eigenvalue weighted by Crippen LogP contribution is -2.22. The predicted molar refractivity (Wildman–Crippen MR) is 120 cm³/mol. The Morgan fingerprint density at radius 1 is 1.21 bits per heavy atom. The summed E-state index contributed by atoms with van der Waals surface area (Å²) in [6, 6.07) is 7.08. The van der Waals surface area contributed by atoms with Crippen molar-refractivity contribution in [2.75, 3.05) is 11.5 Å². The van der Waals surface area contributed by atoms with Gasteiger partial charge < -0.3 is 0 Å². The average Bonchev–Trinajstić information content (AvgIpc) is 3.04. The first-order valence-corrected chi connectivity index (χ1v) is 13.2. The van der Waals surface area contributed by atoms with Crippen LogP contribution in [0.2, 0.25) is 5.02 Å². The van der Waals surface area contributed by atoms with Gasteiger partial charge in [0.05, 0.1) is 16.8 Å². The fraction of sp³-hybridized carbons (Fsp3) is 0.368. The van der Waals surface area contributed by atoms with Crippen molar-refractivity contribution in [2.45, 2.75) is 37.3 Å². The minimum Gasteiger partial charge on any atom is -0.268 e. The van der Waals surface area contributed by atoms with Gasteiger partial charge in [-0.15, -0.1) is 11.3 Å². The molecule has 1 aliphatic carbocycles. The Labute approximate surface area is 182 Å². The second-order valence-electron chi connectivity index (χ2n) is 6.97. The number of thioether (sulfide) groups is 1. The molecule has 0 radical (unpaired) electrons. The van der Waals surface area contributed by atoms with Crippen LogP contribution >= 0.6 is 34.7 Å². The summed E-state index contributed by atoms with van der Waals surface area (Å²) < 4.78 is 24.0. The zero-order chi connectivity index (χ0) is 20.6. The lowest BCUT2D eigenvalue weighted by atomic mass is 9.97. The number of hydrogen-bond donors (Lipinski definition) is 1. The molecule has 0 saturated heterocycles. The monoisotopic (exact) mass is 469 g/mol. The lowest BCUT2D eigenvalue weighted by Gasteiger charge is -2.13. The van der Waals surface area contributed by atoms with Crippen LogP contribution in [-0.4, -0.2) is 29.5 Å². The number of rotatable bonds is 6. The van der Waals surface area contributed by atoms with Crippen LogP contribution in [0, 0.1) is 0 Å². The minimum atomic E-state index is -3.51. The molecule has 1 aromatic carbocycles. The largest absolute Gasteiger partial charge is 0.268 e. The summed E-state index contributed by atoms with van der Waals surface area (Å²) in [6.45, 7) is 0. The van der Waals surface area contributed by atoms with Gasteiger partial charge in [-0.2, -0.15) is 0 Å². The van der Waals surface area contributed by atoms with Gasteiger partial charge in [0.1, 0.15) is 4.83 Å². The number of thiophene rings is 1. The zero-order valence-electron chi connectivity index (χ0n) is 15.6. The molecule has 3 aromatic rings. The maximum absolute atomic E-state index is 13.5. The van der Waals surface area contributed by atoms with E-state index >= 15 is 0 Å². The number of aryl methyl sites for hydroxylation is 2. The first-order valence-electron chi connectivity index (χ1n) is 9.30. The van der Waals surface area contributed by atoms with Crippen LogP contribution in [0.3, 0.4) is 0 Å². The van der Waals surface area contributed by atoms with E-state index in [0.29, 0.717) is 33.4 Å². The SMILES string of the molecule is NS(=O)(=O)CCCSc1nc2sc3c(c2c(=O)n1-c1ccc(Cl)cc1)CCCC3. The summed E-state index contributed by atoms with van der Waals surface area (Å²) in [5, 5.41) is 6.94. The van der Waals surface area contributed by atoms with E-state index in [1.165, 1.54) is 16.6 Å². The van der Waals surface area contributed by atoms with Gasteiger partial charge in [-0.05, 0) is 61.9 Å². The Kier molecular flexibility index (Phi) is 6.04. The van der Waals surface area contributed by atoms with Crippen LogP contribution in [0.15, 0.2) is 34.2 Å². The maximum atomic E-state index is 13.5. The summed E-state index contributed by atoms with van der Waals surface area (Å²) in [6.07, 6.45) is 4.52. The summed E-state index contributed by atoms with van der Waals surface area (Å²) in [7, 11) is -3.51. The molecule has 1 aliphatic rings. The fourth-order valence-electron chi connectivity index (χ4n) is 3.52. The van der Waals surface area contributed by atoms with Crippen molar-refractivity contribution < 1.29 is 8.42 Å². The van der Waals surface area contributed by atoms with Gasteiger partial charge in [0, 0.05) is 15.7 Å². The van der Waals surface area contributed by atoms with Crippen molar-refractivity contribution in [2.24, 2.45) is 5.14 Å². The van der Waals surface area contributed by atoms with Crippen LogP contribution in [0.4, 0.5) is 0 Å². The smallest absolute Gasteiger partial charge is 0.267 e. The number of benzene rings is 1. The van der Waals surface area contributed by atoms with Gasteiger partial charge in [0.15, 0.2) is 5.16 Å². The van der Waals surface area contributed by atoms with E-state index < -0.39 is 10.0 Å². The molecule has 0 fully saturated rings. The second kappa shape index (κ2) is 8.39. The van der Waals surface area contributed by atoms with E-state index in [9.17, 15) is 13.2 Å². The molecule has 0 aliphatic heterocycles. The molecule has 4 rings (SSSR count). The van der Waals surface area contributed by atoms with Crippen LogP contribution in [0.25, 0.3) is 15.9 Å². The molecule has 29 heavy (non-hydrogen) atoms. The van der Waals surface area contributed by atoms with Gasteiger partial charge >= 0.3 is 0 Å². The third kappa shape index (κ3) is 4.54. The van der Waals surface area contributed by atoms with Gasteiger partial charge in [0.2, 0.25) is 10.0 Å². The molecule has 10 heteroatoms. The number of fused-ring (bicyclic) bond motifs is 3. The van der Waals surface area contributed by atoms with Crippen LogP contribution < -0.4 is 10.7 Å². The maximum Gasteiger partial charge on any atom is 0.267 e. The number of aromatic nitrogens is 2. The van der Waals surface area contributed by atoms with Crippen LogP contribution in [-0.2, 0) is 22.9 Å². The Balaban J connectivity index is 1.80. The third-order valence-corrected chi connectivity index (χ3v) is 8.17. The topological polar surface area (TPSA) is 95.1 Å². The highest BCUT2D eigenvalue weighted by Crippen LogP contribution is 2.35. The number of nitrogens with zero attached hydrogens (tertiary/aromatic N) is 2. The van der Waals surface area contributed by atoms with Crippen molar-refractivity contribution in [3.8, 4) is 5.69 Å². The number of primary sulfonamides is 1. The van der Waals surface area contributed by atoms with E-state index in [-0.39, 0.29) is 11.3 Å². The molecule has 2 N–H and O–H groups in total. The van der Waals surface area contributed by atoms with Crippen molar-refractivity contribution in [3.05, 3.63) is 50.1 Å². The Hall–Kier alpha value is -1.39. The van der Waals surface area contributed by atoms with E-state index in [2.05, 4.69) is 0 Å². The molecule has 0 bridgehead atoms. The number of halogens is 1. The van der Waals surface area contributed by atoms with Gasteiger partial charge in [-0.3, -0.25) is 9.36 Å². The van der Waals surface area contributed by atoms with E-state index in [0.717, 1.165) is 36.1 Å². The molecule has 6 nitrogen and oxygen atoms in total. The molecule has 0 saturated carbocycles. The average molecular weight is 470 g/mol. The Morgan fingerprint density at radius 2 is 1.93 bits per heavy atom.